The number of nitrogens with one attached hydrogen (secondary N) is 1. The van der Waals surface area contributed by atoms with Gasteiger partial charge in [-0.2, -0.15) is 5.26 Å². The fraction of sp³-hybridized carbons (Fsp3) is 0.105. The highest BCUT2D eigenvalue weighted by atomic mass is 16.5. The van der Waals surface area contributed by atoms with Crippen molar-refractivity contribution in [3.05, 3.63) is 64.2 Å². The summed E-state index contributed by atoms with van der Waals surface area (Å²) in [5.41, 5.74) is 1.24. The van der Waals surface area contributed by atoms with E-state index in [1.165, 1.54) is 7.11 Å². The van der Waals surface area contributed by atoms with Gasteiger partial charge in [0.25, 0.3) is 5.56 Å². The molecule has 1 aromatic heterocycles. The molecule has 124 valence electrons. The number of fused-ring (bicyclic) bond motifs is 1. The molecule has 3 aromatic rings. The van der Waals surface area contributed by atoms with Crippen LogP contribution in [-0.2, 0) is 0 Å². The number of nitrogens with zero attached hydrogens (tertiary/aromatic N) is 2. The van der Waals surface area contributed by atoms with Crippen molar-refractivity contribution in [1.29, 1.82) is 5.26 Å². The minimum Gasteiger partial charge on any atom is -0.497 e. The first-order valence-corrected chi connectivity index (χ1v) is 7.49. The minimum atomic E-state index is -0.324. The van der Waals surface area contributed by atoms with Gasteiger partial charge in [-0.15, -0.1) is 0 Å². The van der Waals surface area contributed by atoms with Crippen molar-refractivity contribution < 1.29 is 9.47 Å². The third-order valence-electron chi connectivity index (χ3n) is 3.71. The maximum absolute atomic E-state index is 12.3. The molecule has 0 aliphatic carbocycles. The molecule has 2 aromatic carbocycles. The van der Waals surface area contributed by atoms with Crippen molar-refractivity contribution in [2.75, 3.05) is 14.2 Å². The Bertz CT molecular complexity index is 1040. The first-order valence-electron chi connectivity index (χ1n) is 7.49. The van der Waals surface area contributed by atoms with E-state index in [0.29, 0.717) is 16.7 Å². The van der Waals surface area contributed by atoms with Gasteiger partial charge in [0.1, 0.15) is 17.6 Å². The highest BCUT2D eigenvalue weighted by Crippen LogP contribution is 2.20. The monoisotopic (exact) mass is 333 g/mol. The van der Waals surface area contributed by atoms with Crippen molar-refractivity contribution >= 4 is 22.6 Å². The smallest absolute Gasteiger partial charge is 0.259 e. The van der Waals surface area contributed by atoms with Crippen LogP contribution in [0.15, 0.2) is 47.3 Å². The van der Waals surface area contributed by atoms with Crippen molar-refractivity contribution in [3.8, 4) is 17.6 Å². The second-order valence-electron chi connectivity index (χ2n) is 5.24. The number of allylic oxidation sites excluding steroid dienone is 1. The van der Waals surface area contributed by atoms with Gasteiger partial charge < -0.3 is 14.5 Å². The van der Waals surface area contributed by atoms with E-state index in [4.69, 9.17) is 9.47 Å². The predicted octanol–water partition coefficient (Wildman–Crippen LogP) is 3.00. The molecule has 0 radical (unpaired) electrons. The molecule has 0 amide bonds. The summed E-state index contributed by atoms with van der Waals surface area (Å²) in [6, 6.07) is 14.3. The van der Waals surface area contributed by atoms with Crippen LogP contribution in [0.5, 0.6) is 11.5 Å². The molecule has 0 fully saturated rings. The summed E-state index contributed by atoms with van der Waals surface area (Å²) in [7, 11) is 3.12. The number of aromatic amines is 1. The number of hydrogen-bond acceptors (Lipinski definition) is 5. The van der Waals surface area contributed by atoms with Crippen LogP contribution >= 0.6 is 0 Å². The van der Waals surface area contributed by atoms with E-state index in [9.17, 15) is 10.1 Å². The Hall–Kier alpha value is -3.59. The van der Waals surface area contributed by atoms with Gasteiger partial charge in [0.05, 0.1) is 30.7 Å². The van der Waals surface area contributed by atoms with E-state index in [-0.39, 0.29) is 17.0 Å². The van der Waals surface area contributed by atoms with Gasteiger partial charge in [-0.3, -0.25) is 4.79 Å². The van der Waals surface area contributed by atoms with Crippen LogP contribution < -0.4 is 15.0 Å². The Labute approximate surface area is 144 Å². The second kappa shape index (κ2) is 6.89. The highest BCUT2D eigenvalue weighted by Gasteiger charge is 2.09. The molecule has 0 bridgehead atoms. The lowest BCUT2D eigenvalue weighted by Crippen LogP contribution is -2.11. The summed E-state index contributed by atoms with van der Waals surface area (Å²) in [4.78, 5) is 19.4. The number of H-pyrrole nitrogens is 1. The number of aromatic nitrogens is 2. The van der Waals surface area contributed by atoms with Crippen LogP contribution in [0.25, 0.3) is 22.6 Å². The van der Waals surface area contributed by atoms with Crippen molar-refractivity contribution in [3.63, 3.8) is 0 Å². The van der Waals surface area contributed by atoms with E-state index in [2.05, 4.69) is 16.0 Å². The van der Waals surface area contributed by atoms with Crippen molar-refractivity contribution in [1.82, 2.24) is 9.97 Å². The van der Waals surface area contributed by atoms with Crippen LogP contribution in [0.1, 0.15) is 11.4 Å². The molecule has 0 spiro atoms. The third-order valence-corrected chi connectivity index (χ3v) is 3.71. The fourth-order valence-corrected chi connectivity index (χ4v) is 2.39. The summed E-state index contributed by atoms with van der Waals surface area (Å²) in [6.45, 7) is 0. The number of nitriles is 1. The standard InChI is InChI=1S/C19H15N3O3/c1-24-14-5-3-12(4-6-14)9-13(11-20)18-21-17-8-7-15(25-2)10-16(17)19(23)22-18/h3-10H,1-2H3,(H,21,22,23). The second-order valence-corrected chi connectivity index (χ2v) is 5.24. The Morgan fingerprint density at radius 1 is 1.12 bits per heavy atom. The molecule has 0 aliphatic heterocycles. The average molecular weight is 333 g/mol. The average Bonchev–Trinajstić information content (AvgIpc) is 2.66. The zero-order valence-electron chi connectivity index (χ0n) is 13.7. The Morgan fingerprint density at radius 2 is 1.80 bits per heavy atom. The molecular weight excluding hydrogens is 318 g/mol. The summed E-state index contributed by atoms with van der Waals surface area (Å²) in [5.74, 6) is 1.52. The molecule has 0 unspecified atom stereocenters. The number of ether oxygens (including phenoxy) is 2. The lowest BCUT2D eigenvalue weighted by Gasteiger charge is -2.04. The van der Waals surface area contributed by atoms with E-state index in [0.717, 1.165) is 11.3 Å². The van der Waals surface area contributed by atoms with E-state index < -0.39 is 0 Å². The number of benzene rings is 2. The predicted molar refractivity (Wildman–Crippen MR) is 95.4 cm³/mol. The number of rotatable bonds is 4. The quantitative estimate of drug-likeness (QED) is 0.742. The van der Waals surface area contributed by atoms with Gasteiger partial charge in [0.2, 0.25) is 0 Å². The molecule has 0 saturated heterocycles. The highest BCUT2D eigenvalue weighted by molar-refractivity contribution is 5.89. The van der Waals surface area contributed by atoms with Crippen molar-refractivity contribution in [2.45, 2.75) is 0 Å². The largest absolute Gasteiger partial charge is 0.497 e. The zero-order valence-corrected chi connectivity index (χ0v) is 13.7. The third kappa shape index (κ3) is 3.35. The SMILES string of the molecule is COc1ccc(C=C(C#N)c2nc3ccc(OC)cc3c(=O)[nH]2)cc1. The van der Waals surface area contributed by atoms with Gasteiger partial charge in [-0.1, -0.05) is 12.1 Å². The molecule has 3 rings (SSSR count). The lowest BCUT2D eigenvalue weighted by molar-refractivity contribution is 0.415. The molecular formula is C19H15N3O3. The van der Waals surface area contributed by atoms with Crippen LogP contribution in [0.2, 0.25) is 0 Å². The van der Waals surface area contributed by atoms with Gasteiger partial charge >= 0.3 is 0 Å². The Balaban J connectivity index is 2.07. The van der Waals surface area contributed by atoms with Crippen LogP contribution in [0.3, 0.4) is 0 Å². The number of methoxy groups -OCH3 is 2. The van der Waals surface area contributed by atoms with Gasteiger partial charge in [0, 0.05) is 0 Å². The van der Waals surface area contributed by atoms with Gasteiger partial charge in [-0.05, 0) is 42.0 Å². The van der Waals surface area contributed by atoms with Crippen molar-refractivity contribution in [2.24, 2.45) is 0 Å². The van der Waals surface area contributed by atoms with Crippen LogP contribution in [-0.4, -0.2) is 24.2 Å². The molecule has 0 atom stereocenters. The summed E-state index contributed by atoms with van der Waals surface area (Å²) < 4.78 is 10.2. The van der Waals surface area contributed by atoms with Gasteiger partial charge in [-0.25, -0.2) is 4.98 Å². The van der Waals surface area contributed by atoms with E-state index in [1.54, 1.807) is 43.5 Å². The summed E-state index contributed by atoms with van der Waals surface area (Å²) >= 11 is 0. The first-order chi connectivity index (χ1) is 12.1. The van der Waals surface area contributed by atoms with Crippen LogP contribution in [0, 0.1) is 11.3 Å². The maximum Gasteiger partial charge on any atom is 0.259 e. The molecule has 1 N–H and O–H groups in total. The Kier molecular flexibility index (Phi) is 4.48. The van der Waals surface area contributed by atoms with E-state index >= 15 is 0 Å². The molecule has 0 aliphatic rings. The first kappa shape index (κ1) is 16.3. The van der Waals surface area contributed by atoms with E-state index in [1.807, 2.05) is 12.1 Å². The zero-order chi connectivity index (χ0) is 17.8. The summed E-state index contributed by atoms with van der Waals surface area (Å²) in [5, 5.41) is 9.87. The molecule has 25 heavy (non-hydrogen) atoms. The topological polar surface area (TPSA) is 88.0 Å². The van der Waals surface area contributed by atoms with Crippen LogP contribution in [0.4, 0.5) is 0 Å². The molecule has 0 saturated carbocycles. The fourth-order valence-electron chi connectivity index (χ4n) is 2.39. The summed E-state index contributed by atoms with van der Waals surface area (Å²) in [6.07, 6.45) is 1.66. The minimum absolute atomic E-state index is 0.223. The molecule has 6 nitrogen and oxygen atoms in total. The maximum atomic E-state index is 12.3. The molecule has 1 heterocycles. The van der Waals surface area contributed by atoms with Gasteiger partial charge in [0.15, 0.2) is 5.82 Å². The normalized spacial score (nSPS) is 11.2. The Morgan fingerprint density at radius 3 is 2.44 bits per heavy atom. The lowest BCUT2D eigenvalue weighted by atomic mass is 10.1. The number of hydrogen-bond donors (Lipinski definition) is 1. The molecule has 6 heteroatoms.